The molecule has 0 aliphatic rings. The molecule has 0 atom stereocenters. The van der Waals surface area contributed by atoms with Gasteiger partial charge in [0.2, 0.25) is 0 Å². The molecule has 0 radical (unpaired) electrons. The van der Waals surface area contributed by atoms with Crippen LogP contribution in [-0.4, -0.2) is 5.16 Å². The van der Waals surface area contributed by atoms with Crippen molar-refractivity contribution in [1.29, 1.82) is 0 Å². The lowest BCUT2D eigenvalue weighted by Gasteiger charge is -1.80. The Morgan fingerprint density at radius 1 is 1.44 bits per heavy atom. The van der Waals surface area contributed by atoms with E-state index in [9.17, 15) is 0 Å². The average molecular weight is 121 g/mol. The summed E-state index contributed by atoms with van der Waals surface area (Å²) in [6.07, 6.45) is 4.83. The third kappa shape index (κ3) is 0.914. The van der Waals surface area contributed by atoms with Gasteiger partial charge in [0.15, 0.2) is 0 Å². The van der Waals surface area contributed by atoms with Crippen LogP contribution in [0.25, 0.3) is 12.2 Å². The minimum atomic E-state index is 0.741. The average Bonchev–Trinajstić information content (AvgIpc) is 2.33. The van der Waals surface area contributed by atoms with Gasteiger partial charge in [-0.2, -0.15) is 0 Å². The highest BCUT2D eigenvalue weighted by atomic mass is 16.5. The number of hydrogen-bond donors (Lipinski definition) is 0. The van der Waals surface area contributed by atoms with Crippen molar-refractivity contribution in [1.82, 2.24) is 5.16 Å². The maximum Gasteiger partial charge on any atom is 0.131 e. The smallest absolute Gasteiger partial charge is 0.131 e. The van der Waals surface area contributed by atoms with E-state index in [-0.39, 0.29) is 0 Å². The predicted molar refractivity (Wildman–Crippen MR) is 36.7 cm³/mol. The summed E-state index contributed by atoms with van der Waals surface area (Å²) in [5.74, 6) is 0. The highest BCUT2D eigenvalue weighted by molar-refractivity contribution is 5.58. The standard InChI is InChI=1S/C7H7NO/c1-3-6-5-9-8-7(6)4-2/h3-5H,1-2H2. The molecule has 1 aromatic heterocycles. The summed E-state index contributed by atoms with van der Waals surface area (Å²) in [6.45, 7) is 7.11. The molecule has 1 aromatic rings. The maximum absolute atomic E-state index is 4.63. The van der Waals surface area contributed by atoms with E-state index in [0.29, 0.717) is 0 Å². The molecule has 0 fully saturated rings. The number of rotatable bonds is 2. The van der Waals surface area contributed by atoms with Gasteiger partial charge in [0.1, 0.15) is 12.0 Å². The van der Waals surface area contributed by atoms with Crippen LogP contribution in [0.1, 0.15) is 11.3 Å². The largest absolute Gasteiger partial charge is 0.364 e. The van der Waals surface area contributed by atoms with Gasteiger partial charge in [-0.05, 0) is 6.08 Å². The van der Waals surface area contributed by atoms with E-state index in [1.54, 1.807) is 12.2 Å². The van der Waals surface area contributed by atoms with Gasteiger partial charge in [-0.3, -0.25) is 0 Å². The molecular formula is C7H7NO. The van der Waals surface area contributed by atoms with Gasteiger partial charge in [-0.15, -0.1) is 0 Å². The molecule has 0 saturated heterocycles. The molecular weight excluding hydrogens is 114 g/mol. The SMILES string of the molecule is C=Cc1conc1C=C. The molecule has 2 nitrogen and oxygen atoms in total. The highest BCUT2D eigenvalue weighted by Gasteiger charge is 1.96. The van der Waals surface area contributed by atoms with Crippen LogP contribution in [-0.2, 0) is 0 Å². The Morgan fingerprint density at radius 3 is 2.67 bits per heavy atom. The second kappa shape index (κ2) is 2.31. The van der Waals surface area contributed by atoms with Crippen LogP contribution in [0, 0.1) is 0 Å². The first-order valence-electron chi connectivity index (χ1n) is 2.57. The van der Waals surface area contributed by atoms with Crippen molar-refractivity contribution in [2.24, 2.45) is 0 Å². The lowest BCUT2D eigenvalue weighted by Crippen LogP contribution is -1.70. The zero-order valence-corrected chi connectivity index (χ0v) is 5.00. The van der Waals surface area contributed by atoms with Crippen molar-refractivity contribution in [3.8, 4) is 0 Å². The summed E-state index contributed by atoms with van der Waals surface area (Å²) >= 11 is 0. The molecule has 0 amide bonds. The summed E-state index contributed by atoms with van der Waals surface area (Å²) in [4.78, 5) is 0. The quantitative estimate of drug-likeness (QED) is 0.597. The van der Waals surface area contributed by atoms with Crippen LogP contribution in [0.15, 0.2) is 23.9 Å². The molecule has 0 N–H and O–H groups in total. The first-order valence-corrected chi connectivity index (χ1v) is 2.57. The van der Waals surface area contributed by atoms with Gasteiger partial charge in [0, 0.05) is 5.56 Å². The summed E-state index contributed by atoms with van der Waals surface area (Å²) in [6, 6.07) is 0. The van der Waals surface area contributed by atoms with Gasteiger partial charge in [0.25, 0.3) is 0 Å². The first kappa shape index (κ1) is 5.82. The van der Waals surface area contributed by atoms with Gasteiger partial charge in [0.05, 0.1) is 0 Å². The molecule has 0 aromatic carbocycles. The molecule has 0 bridgehead atoms. The van der Waals surface area contributed by atoms with E-state index in [2.05, 4.69) is 22.8 Å². The Balaban J connectivity index is 3.12. The lowest BCUT2D eigenvalue weighted by atomic mass is 10.2. The summed E-state index contributed by atoms with van der Waals surface area (Å²) in [5, 5.41) is 3.64. The molecule has 0 aliphatic heterocycles. The molecule has 0 saturated carbocycles. The second-order valence-electron chi connectivity index (χ2n) is 1.56. The molecule has 1 heterocycles. The minimum Gasteiger partial charge on any atom is -0.364 e. The van der Waals surface area contributed by atoms with Crippen molar-refractivity contribution in [3.05, 3.63) is 30.7 Å². The minimum absolute atomic E-state index is 0.741. The van der Waals surface area contributed by atoms with Gasteiger partial charge in [-0.25, -0.2) is 0 Å². The van der Waals surface area contributed by atoms with E-state index in [1.807, 2.05) is 0 Å². The molecule has 1 rings (SSSR count). The number of nitrogens with zero attached hydrogens (tertiary/aromatic N) is 1. The zero-order chi connectivity index (χ0) is 6.69. The molecule has 0 spiro atoms. The zero-order valence-electron chi connectivity index (χ0n) is 5.00. The van der Waals surface area contributed by atoms with Crippen molar-refractivity contribution in [3.63, 3.8) is 0 Å². The topological polar surface area (TPSA) is 26.0 Å². The van der Waals surface area contributed by atoms with Crippen LogP contribution in [0.3, 0.4) is 0 Å². The van der Waals surface area contributed by atoms with Gasteiger partial charge < -0.3 is 4.52 Å². The van der Waals surface area contributed by atoms with Crippen LogP contribution >= 0.6 is 0 Å². The van der Waals surface area contributed by atoms with Crippen LogP contribution < -0.4 is 0 Å². The van der Waals surface area contributed by atoms with Gasteiger partial charge in [-0.1, -0.05) is 24.4 Å². The number of aromatic nitrogens is 1. The fourth-order valence-electron chi connectivity index (χ4n) is 0.561. The molecule has 9 heavy (non-hydrogen) atoms. The lowest BCUT2D eigenvalue weighted by molar-refractivity contribution is 0.418. The second-order valence-corrected chi connectivity index (χ2v) is 1.56. The summed E-state index contributed by atoms with van der Waals surface area (Å²) in [7, 11) is 0. The summed E-state index contributed by atoms with van der Waals surface area (Å²) in [5.41, 5.74) is 1.62. The maximum atomic E-state index is 4.63. The molecule has 0 unspecified atom stereocenters. The Hall–Kier alpha value is -1.31. The Kier molecular flexibility index (Phi) is 1.49. The van der Waals surface area contributed by atoms with Crippen molar-refractivity contribution < 1.29 is 4.52 Å². The van der Waals surface area contributed by atoms with E-state index in [1.165, 1.54) is 6.26 Å². The third-order valence-electron chi connectivity index (χ3n) is 1.04. The van der Waals surface area contributed by atoms with Crippen molar-refractivity contribution >= 4 is 12.2 Å². The van der Waals surface area contributed by atoms with Crippen LogP contribution in [0.4, 0.5) is 0 Å². The molecule has 2 heteroatoms. The Morgan fingerprint density at radius 2 is 2.22 bits per heavy atom. The van der Waals surface area contributed by atoms with E-state index in [0.717, 1.165) is 11.3 Å². The fraction of sp³-hybridized carbons (Fsp3) is 0. The normalized spacial score (nSPS) is 8.89. The summed E-state index contributed by atoms with van der Waals surface area (Å²) < 4.78 is 4.63. The van der Waals surface area contributed by atoms with E-state index < -0.39 is 0 Å². The van der Waals surface area contributed by atoms with Crippen molar-refractivity contribution in [2.45, 2.75) is 0 Å². The molecule has 0 aliphatic carbocycles. The predicted octanol–water partition coefficient (Wildman–Crippen LogP) is 1.96. The van der Waals surface area contributed by atoms with Crippen molar-refractivity contribution in [2.75, 3.05) is 0 Å². The van der Waals surface area contributed by atoms with E-state index in [4.69, 9.17) is 0 Å². The van der Waals surface area contributed by atoms with Gasteiger partial charge >= 0.3 is 0 Å². The number of hydrogen-bond acceptors (Lipinski definition) is 2. The molecule has 46 valence electrons. The monoisotopic (exact) mass is 121 g/mol. The third-order valence-corrected chi connectivity index (χ3v) is 1.04. The van der Waals surface area contributed by atoms with Crippen LogP contribution in [0.2, 0.25) is 0 Å². The first-order chi connectivity index (χ1) is 4.38. The Bertz CT molecular complexity index is 202. The Labute approximate surface area is 53.5 Å². The van der Waals surface area contributed by atoms with E-state index >= 15 is 0 Å². The fourth-order valence-corrected chi connectivity index (χ4v) is 0.561. The van der Waals surface area contributed by atoms with Crippen LogP contribution in [0.5, 0.6) is 0 Å². The highest BCUT2D eigenvalue weighted by Crippen LogP contribution is 2.07.